The molecule has 1 rings (SSSR count). The van der Waals surface area contributed by atoms with Crippen LogP contribution >= 0.6 is 7.06 Å². The Hall–Kier alpha value is -0.430. The summed E-state index contributed by atoms with van der Waals surface area (Å²) in [6.45, 7) is 13.5. The normalized spacial score (nSPS) is 16.2. The molecule has 0 unspecified atom stereocenters. The number of aryl methyl sites for hydroxylation is 1. The molecule has 1 aromatic rings. The summed E-state index contributed by atoms with van der Waals surface area (Å²) in [4.78, 5) is 22.9. The molecule has 0 heterocycles. The molecule has 0 bridgehead atoms. The maximum absolute atomic E-state index is 11.4. The van der Waals surface area contributed by atoms with Crippen LogP contribution in [0.3, 0.4) is 0 Å². The molecule has 1 aromatic carbocycles. The molecule has 0 saturated heterocycles. The van der Waals surface area contributed by atoms with Crippen LogP contribution in [0.5, 0.6) is 0 Å². The first-order chi connectivity index (χ1) is 7.81. The summed E-state index contributed by atoms with van der Waals surface area (Å²) in [5.74, 6) is 0. The molecule has 2 N–H and O–H groups in total. The van der Waals surface area contributed by atoms with Crippen molar-refractivity contribution in [1.82, 2.24) is 0 Å². The van der Waals surface area contributed by atoms with Gasteiger partial charge in [0.05, 0.1) is 0 Å². The van der Waals surface area contributed by atoms with Gasteiger partial charge in [-0.25, -0.2) is 0 Å². The van der Waals surface area contributed by atoms with Crippen LogP contribution in [0, 0.1) is 6.92 Å². The molecule has 0 radical (unpaired) electrons. The predicted molar refractivity (Wildman–Crippen MR) is 81.7 cm³/mol. The van der Waals surface area contributed by atoms with Crippen molar-refractivity contribution in [3.63, 3.8) is 0 Å². The average Bonchev–Trinajstić information content (AvgIpc) is 2.14. The Bertz CT molecular complexity index is 432. The van der Waals surface area contributed by atoms with Gasteiger partial charge in [0, 0.05) is 0 Å². The summed E-state index contributed by atoms with van der Waals surface area (Å²) in [5.41, 5.74) is 1.05. The Labute approximate surface area is 111 Å². The van der Waals surface area contributed by atoms with E-state index in [1.165, 1.54) is 0 Å². The average molecular weight is 270 g/mol. The molecule has 0 atom stereocenters. The van der Waals surface area contributed by atoms with Gasteiger partial charge in [0.2, 0.25) is 0 Å². The van der Waals surface area contributed by atoms with Crippen LogP contribution in [0.1, 0.15) is 47.1 Å². The van der Waals surface area contributed by atoms with Gasteiger partial charge >= 0.3 is 111 Å². The second-order valence-corrected chi connectivity index (χ2v) is 12.5. The van der Waals surface area contributed by atoms with Gasteiger partial charge in [-0.2, -0.15) is 0 Å². The predicted octanol–water partition coefficient (Wildman–Crippen LogP) is 3.59. The molecular weight excluding hydrogens is 243 g/mol. The standard InChI is InChI=1S/C15H27O2P/c1-12-9-8-10-13(11-12)18(16,17,14(2,3)4)15(5,6)7/h8-11,16-17H,1-7H3. The number of hydrogen-bond acceptors (Lipinski definition) is 2. The number of hydrogen-bond donors (Lipinski definition) is 2. The van der Waals surface area contributed by atoms with E-state index in [0.717, 1.165) is 5.56 Å². The first kappa shape index (κ1) is 15.6. The summed E-state index contributed by atoms with van der Waals surface area (Å²) >= 11 is 0. The third kappa shape index (κ3) is 1.91. The van der Waals surface area contributed by atoms with Gasteiger partial charge in [0.15, 0.2) is 0 Å². The minimum atomic E-state index is -4.05. The summed E-state index contributed by atoms with van der Waals surface area (Å²) in [6, 6.07) is 7.64. The van der Waals surface area contributed by atoms with Crippen molar-refractivity contribution in [2.45, 2.75) is 58.8 Å². The Morgan fingerprint density at radius 2 is 1.33 bits per heavy atom. The summed E-state index contributed by atoms with van der Waals surface area (Å²) in [6.07, 6.45) is 0. The first-order valence-corrected chi connectivity index (χ1v) is 8.53. The second-order valence-electron chi connectivity index (χ2n) is 7.21. The SMILES string of the molecule is Cc1cccc(P(O)(O)(C(C)(C)C)C(C)(C)C)c1. The van der Waals surface area contributed by atoms with Crippen molar-refractivity contribution in [3.8, 4) is 0 Å². The molecule has 0 aliphatic rings. The molecule has 0 spiro atoms. The fourth-order valence-corrected chi connectivity index (χ4v) is 7.05. The summed E-state index contributed by atoms with van der Waals surface area (Å²) < 4.78 is 0. The number of rotatable bonds is 1. The van der Waals surface area contributed by atoms with Crippen LogP contribution in [0.4, 0.5) is 0 Å². The van der Waals surface area contributed by atoms with E-state index in [4.69, 9.17) is 0 Å². The Balaban J connectivity index is 3.70. The monoisotopic (exact) mass is 270 g/mol. The zero-order valence-electron chi connectivity index (χ0n) is 12.7. The van der Waals surface area contributed by atoms with Crippen molar-refractivity contribution in [2.75, 3.05) is 0 Å². The first-order valence-electron chi connectivity index (χ1n) is 6.39. The van der Waals surface area contributed by atoms with E-state index in [2.05, 4.69) is 0 Å². The molecule has 0 fully saturated rings. The van der Waals surface area contributed by atoms with Gasteiger partial charge in [-0.3, -0.25) is 0 Å². The molecule has 104 valence electrons. The van der Waals surface area contributed by atoms with E-state index in [1.807, 2.05) is 72.7 Å². The minimum absolute atomic E-state index is 0.586. The maximum atomic E-state index is 11.4. The fraction of sp³-hybridized carbons (Fsp3) is 0.600. The van der Waals surface area contributed by atoms with Gasteiger partial charge in [0.1, 0.15) is 0 Å². The van der Waals surface area contributed by atoms with Crippen LogP contribution in [-0.4, -0.2) is 20.1 Å². The van der Waals surface area contributed by atoms with Crippen molar-refractivity contribution in [3.05, 3.63) is 29.8 Å². The van der Waals surface area contributed by atoms with Crippen molar-refractivity contribution in [2.24, 2.45) is 0 Å². The Morgan fingerprint density at radius 1 is 0.889 bits per heavy atom. The van der Waals surface area contributed by atoms with E-state index < -0.39 is 17.4 Å². The molecule has 0 aliphatic carbocycles. The molecular formula is C15H27O2P. The summed E-state index contributed by atoms with van der Waals surface area (Å²) in [7, 11) is -4.05. The quantitative estimate of drug-likeness (QED) is 0.766. The van der Waals surface area contributed by atoms with Gasteiger partial charge < -0.3 is 0 Å². The van der Waals surface area contributed by atoms with Crippen LogP contribution in [0.25, 0.3) is 0 Å². The van der Waals surface area contributed by atoms with E-state index in [-0.39, 0.29) is 0 Å². The molecule has 0 aromatic heterocycles. The molecule has 0 aliphatic heterocycles. The third-order valence-electron chi connectivity index (χ3n) is 4.03. The van der Waals surface area contributed by atoms with E-state index >= 15 is 0 Å². The zero-order chi connectivity index (χ0) is 14.4. The molecule has 2 nitrogen and oxygen atoms in total. The summed E-state index contributed by atoms with van der Waals surface area (Å²) in [5, 5.41) is -0.490. The zero-order valence-corrected chi connectivity index (χ0v) is 13.5. The Kier molecular flexibility index (Phi) is 3.50. The van der Waals surface area contributed by atoms with Gasteiger partial charge in [0.25, 0.3) is 0 Å². The van der Waals surface area contributed by atoms with Crippen molar-refractivity contribution < 1.29 is 9.79 Å². The van der Waals surface area contributed by atoms with Crippen LogP contribution in [0.2, 0.25) is 0 Å². The van der Waals surface area contributed by atoms with Gasteiger partial charge in [-0.15, -0.1) is 0 Å². The Morgan fingerprint density at radius 3 is 1.67 bits per heavy atom. The van der Waals surface area contributed by atoms with Crippen LogP contribution in [-0.2, 0) is 0 Å². The fourth-order valence-electron chi connectivity index (χ4n) is 2.67. The number of benzene rings is 1. The molecule has 0 amide bonds. The molecule has 18 heavy (non-hydrogen) atoms. The topological polar surface area (TPSA) is 40.5 Å². The second kappa shape index (κ2) is 4.03. The van der Waals surface area contributed by atoms with E-state index in [0.29, 0.717) is 5.30 Å². The molecule has 3 heteroatoms. The van der Waals surface area contributed by atoms with Crippen LogP contribution in [0.15, 0.2) is 24.3 Å². The van der Waals surface area contributed by atoms with Crippen LogP contribution < -0.4 is 5.30 Å². The van der Waals surface area contributed by atoms with Crippen molar-refractivity contribution in [1.29, 1.82) is 0 Å². The van der Waals surface area contributed by atoms with Gasteiger partial charge in [-0.05, 0) is 0 Å². The van der Waals surface area contributed by atoms with Gasteiger partial charge in [-0.1, -0.05) is 0 Å². The molecule has 0 saturated carbocycles. The van der Waals surface area contributed by atoms with E-state index in [9.17, 15) is 9.79 Å². The van der Waals surface area contributed by atoms with Crippen molar-refractivity contribution >= 4 is 12.4 Å². The van der Waals surface area contributed by atoms with E-state index in [1.54, 1.807) is 0 Å². The third-order valence-corrected chi connectivity index (χ3v) is 10.4.